The van der Waals surface area contributed by atoms with Crippen molar-refractivity contribution in [2.75, 3.05) is 32.0 Å². The van der Waals surface area contributed by atoms with Gasteiger partial charge >= 0.3 is 0 Å². The molecule has 2 N–H and O–H groups in total. The number of sulfonamides is 1. The molecule has 0 aliphatic heterocycles. The van der Waals surface area contributed by atoms with Crippen molar-refractivity contribution in [3.8, 4) is 22.6 Å². The molecule has 164 valence electrons. The molecule has 0 fully saturated rings. The Labute approximate surface area is 181 Å². The molecule has 3 rings (SSSR count). The lowest BCUT2D eigenvalue weighted by molar-refractivity contribution is 0.0514. The molecule has 0 aliphatic rings. The van der Waals surface area contributed by atoms with Gasteiger partial charge in [0.25, 0.3) is 0 Å². The van der Waals surface area contributed by atoms with Gasteiger partial charge in [-0.2, -0.15) is 0 Å². The zero-order valence-corrected chi connectivity index (χ0v) is 18.2. The summed E-state index contributed by atoms with van der Waals surface area (Å²) >= 11 is 0. The van der Waals surface area contributed by atoms with E-state index < -0.39 is 16.1 Å². The van der Waals surface area contributed by atoms with Crippen molar-refractivity contribution in [3.05, 3.63) is 72.1 Å². The van der Waals surface area contributed by atoms with Crippen molar-refractivity contribution >= 4 is 15.7 Å². The van der Waals surface area contributed by atoms with E-state index in [1.54, 1.807) is 60.8 Å². The van der Waals surface area contributed by atoms with Crippen LogP contribution in [-0.2, 0) is 14.8 Å². The molecular weight excluding hydrogens is 420 g/mol. The number of nitrogens with zero attached hydrogens (tertiary/aromatic N) is 1. The number of ether oxygens (including phenoxy) is 3. The second-order valence-corrected chi connectivity index (χ2v) is 8.47. The molecule has 1 heterocycles. The molecule has 0 saturated heterocycles. The standard InChI is InChI=1S/C22H24N2O6S/c1-28-14-30-20-9-6-8-19(29-2)21(20)16-11-10-15(24-31(3,26)27)13-17(16)22(25)18-7-4-5-12-23-18/h4-13,22,24-25H,14H2,1-3H3. The van der Waals surface area contributed by atoms with Gasteiger partial charge in [0, 0.05) is 19.0 Å². The summed E-state index contributed by atoms with van der Waals surface area (Å²) in [6, 6.07) is 15.4. The van der Waals surface area contributed by atoms with Gasteiger partial charge in [-0.1, -0.05) is 18.2 Å². The summed E-state index contributed by atoms with van der Waals surface area (Å²) < 4.78 is 42.2. The van der Waals surface area contributed by atoms with Crippen molar-refractivity contribution in [1.29, 1.82) is 0 Å². The van der Waals surface area contributed by atoms with E-state index in [1.165, 1.54) is 14.2 Å². The van der Waals surface area contributed by atoms with E-state index >= 15 is 0 Å². The van der Waals surface area contributed by atoms with Crippen molar-refractivity contribution < 1.29 is 27.7 Å². The van der Waals surface area contributed by atoms with Gasteiger partial charge in [0.2, 0.25) is 10.0 Å². The molecule has 0 saturated carbocycles. The number of hydrogen-bond acceptors (Lipinski definition) is 7. The van der Waals surface area contributed by atoms with Gasteiger partial charge < -0.3 is 19.3 Å². The monoisotopic (exact) mass is 444 g/mol. The van der Waals surface area contributed by atoms with Gasteiger partial charge in [-0.25, -0.2) is 8.42 Å². The van der Waals surface area contributed by atoms with Gasteiger partial charge in [-0.05, 0) is 47.5 Å². The number of pyridine rings is 1. The third kappa shape index (κ3) is 5.52. The maximum absolute atomic E-state index is 11.7. The number of anilines is 1. The fourth-order valence-electron chi connectivity index (χ4n) is 3.18. The Morgan fingerprint density at radius 3 is 2.48 bits per heavy atom. The summed E-state index contributed by atoms with van der Waals surface area (Å²) in [5.74, 6) is 1.01. The number of rotatable bonds is 9. The Morgan fingerprint density at radius 2 is 1.84 bits per heavy atom. The fourth-order valence-corrected chi connectivity index (χ4v) is 3.74. The lowest BCUT2D eigenvalue weighted by atomic mass is 9.93. The maximum atomic E-state index is 11.7. The SMILES string of the molecule is COCOc1cccc(OC)c1-c1ccc(NS(C)(=O)=O)cc1C(O)c1ccccn1. The maximum Gasteiger partial charge on any atom is 0.229 e. The van der Waals surface area contributed by atoms with Crippen LogP contribution in [0, 0.1) is 0 Å². The minimum atomic E-state index is -3.51. The molecule has 0 radical (unpaired) electrons. The highest BCUT2D eigenvalue weighted by atomic mass is 32.2. The number of nitrogens with one attached hydrogen (secondary N) is 1. The van der Waals surface area contributed by atoms with E-state index in [0.717, 1.165) is 6.26 Å². The van der Waals surface area contributed by atoms with Gasteiger partial charge in [-0.3, -0.25) is 9.71 Å². The largest absolute Gasteiger partial charge is 0.496 e. The highest BCUT2D eigenvalue weighted by molar-refractivity contribution is 7.92. The first-order chi connectivity index (χ1) is 14.8. The van der Waals surface area contributed by atoms with Crippen LogP contribution in [0.15, 0.2) is 60.8 Å². The van der Waals surface area contributed by atoms with Gasteiger partial charge in [-0.15, -0.1) is 0 Å². The van der Waals surface area contributed by atoms with Crippen LogP contribution < -0.4 is 14.2 Å². The fraction of sp³-hybridized carbons (Fsp3) is 0.227. The molecule has 0 spiro atoms. The highest BCUT2D eigenvalue weighted by Crippen LogP contribution is 2.43. The number of benzene rings is 2. The minimum Gasteiger partial charge on any atom is -0.496 e. The second-order valence-electron chi connectivity index (χ2n) is 6.72. The molecule has 0 amide bonds. The Balaban J connectivity index is 2.23. The predicted octanol–water partition coefficient (Wildman–Crippen LogP) is 3.19. The number of methoxy groups -OCH3 is 2. The van der Waals surface area contributed by atoms with Crippen LogP contribution in [0.1, 0.15) is 17.4 Å². The third-order valence-corrected chi connectivity index (χ3v) is 5.03. The molecule has 0 aliphatic carbocycles. The average molecular weight is 445 g/mol. The number of aliphatic hydroxyl groups excluding tert-OH is 1. The molecule has 9 heteroatoms. The van der Waals surface area contributed by atoms with E-state index in [1.807, 2.05) is 0 Å². The van der Waals surface area contributed by atoms with Gasteiger partial charge in [0.05, 0.1) is 24.6 Å². The molecule has 8 nitrogen and oxygen atoms in total. The molecule has 1 unspecified atom stereocenters. The molecule has 3 aromatic rings. The first kappa shape index (κ1) is 22.5. The first-order valence-electron chi connectivity index (χ1n) is 9.34. The summed E-state index contributed by atoms with van der Waals surface area (Å²) in [7, 11) is -0.457. The quantitative estimate of drug-likeness (QED) is 0.488. The molecule has 1 atom stereocenters. The first-order valence-corrected chi connectivity index (χ1v) is 11.2. The van der Waals surface area contributed by atoms with E-state index in [4.69, 9.17) is 14.2 Å². The smallest absolute Gasteiger partial charge is 0.229 e. The third-order valence-electron chi connectivity index (χ3n) is 4.43. The summed E-state index contributed by atoms with van der Waals surface area (Å²) in [5.41, 5.74) is 2.35. The molecule has 0 bridgehead atoms. The Kier molecular flexibility index (Phi) is 7.11. The summed E-state index contributed by atoms with van der Waals surface area (Å²) in [6.07, 6.45) is 1.51. The van der Waals surface area contributed by atoms with Crippen molar-refractivity contribution in [3.63, 3.8) is 0 Å². The summed E-state index contributed by atoms with van der Waals surface area (Å²) in [4.78, 5) is 4.24. The van der Waals surface area contributed by atoms with Crippen LogP contribution in [0.4, 0.5) is 5.69 Å². The highest BCUT2D eigenvalue weighted by Gasteiger charge is 2.23. The lowest BCUT2D eigenvalue weighted by Gasteiger charge is -2.21. The van der Waals surface area contributed by atoms with Crippen molar-refractivity contribution in [2.24, 2.45) is 0 Å². The van der Waals surface area contributed by atoms with Crippen LogP contribution in [0.2, 0.25) is 0 Å². The normalized spacial score (nSPS) is 12.3. The van der Waals surface area contributed by atoms with Crippen molar-refractivity contribution in [2.45, 2.75) is 6.10 Å². The Bertz CT molecular complexity index is 1140. The van der Waals surface area contributed by atoms with E-state index in [0.29, 0.717) is 39.6 Å². The predicted molar refractivity (Wildman–Crippen MR) is 118 cm³/mol. The average Bonchev–Trinajstić information content (AvgIpc) is 2.76. The van der Waals surface area contributed by atoms with E-state index in [9.17, 15) is 13.5 Å². The summed E-state index contributed by atoms with van der Waals surface area (Å²) in [6.45, 7) is 0.0199. The lowest BCUT2D eigenvalue weighted by Crippen LogP contribution is -2.11. The van der Waals surface area contributed by atoms with E-state index in [-0.39, 0.29) is 6.79 Å². The van der Waals surface area contributed by atoms with Crippen LogP contribution in [0.25, 0.3) is 11.1 Å². The minimum absolute atomic E-state index is 0.0199. The molecular formula is C22H24N2O6S. The van der Waals surface area contributed by atoms with Crippen LogP contribution in [0.3, 0.4) is 0 Å². The molecule has 2 aromatic carbocycles. The number of aromatic nitrogens is 1. The number of aliphatic hydroxyl groups is 1. The molecule has 1 aromatic heterocycles. The zero-order chi connectivity index (χ0) is 22.4. The Morgan fingerprint density at radius 1 is 1.06 bits per heavy atom. The van der Waals surface area contributed by atoms with Crippen LogP contribution >= 0.6 is 0 Å². The number of hydrogen-bond donors (Lipinski definition) is 2. The molecule has 31 heavy (non-hydrogen) atoms. The summed E-state index contributed by atoms with van der Waals surface area (Å²) in [5, 5.41) is 11.1. The second kappa shape index (κ2) is 9.78. The topological polar surface area (TPSA) is 107 Å². The van der Waals surface area contributed by atoms with E-state index in [2.05, 4.69) is 9.71 Å². The van der Waals surface area contributed by atoms with Gasteiger partial charge in [0.15, 0.2) is 6.79 Å². The zero-order valence-electron chi connectivity index (χ0n) is 17.4. The van der Waals surface area contributed by atoms with Crippen LogP contribution in [0.5, 0.6) is 11.5 Å². The van der Waals surface area contributed by atoms with Gasteiger partial charge in [0.1, 0.15) is 17.6 Å². The van der Waals surface area contributed by atoms with Crippen molar-refractivity contribution in [1.82, 2.24) is 4.98 Å². The van der Waals surface area contributed by atoms with Crippen LogP contribution in [-0.4, -0.2) is 45.8 Å². The Hall–Kier alpha value is -3.14.